The van der Waals surface area contributed by atoms with Gasteiger partial charge in [0.15, 0.2) is 0 Å². The number of morpholine rings is 1. The molecular weight excluding hydrogens is 249 g/mol. The van der Waals surface area contributed by atoms with Crippen LogP contribution in [-0.2, 0) is 9.53 Å². The van der Waals surface area contributed by atoms with Crippen molar-refractivity contribution < 1.29 is 13.9 Å². The molecular formula is C13H16FN3O2. The van der Waals surface area contributed by atoms with E-state index in [4.69, 9.17) is 4.74 Å². The summed E-state index contributed by atoms with van der Waals surface area (Å²) < 4.78 is 17.9. The molecule has 0 aromatic heterocycles. The number of nitrogens with one attached hydrogen (secondary N) is 1. The highest BCUT2D eigenvalue weighted by Gasteiger charge is 2.13. The van der Waals surface area contributed by atoms with Gasteiger partial charge in [0, 0.05) is 13.1 Å². The summed E-state index contributed by atoms with van der Waals surface area (Å²) >= 11 is 0. The number of benzene rings is 1. The number of hydrazone groups is 1. The third-order valence-electron chi connectivity index (χ3n) is 2.74. The second-order valence-electron chi connectivity index (χ2n) is 4.23. The summed E-state index contributed by atoms with van der Waals surface area (Å²) in [6.07, 6.45) is 1.48. The van der Waals surface area contributed by atoms with Crippen LogP contribution in [-0.4, -0.2) is 49.9 Å². The van der Waals surface area contributed by atoms with Crippen molar-refractivity contribution in [3.05, 3.63) is 35.6 Å². The van der Waals surface area contributed by atoms with Crippen LogP contribution >= 0.6 is 0 Å². The molecule has 102 valence electrons. The van der Waals surface area contributed by atoms with Gasteiger partial charge in [-0.25, -0.2) is 9.82 Å². The minimum Gasteiger partial charge on any atom is -0.379 e. The fourth-order valence-electron chi connectivity index (χ4n) is 1.73. The van der Waals surface area contributed by atoms with Crippen molar-refractivity contribution >= 4 is 12.1 Å². The maximum atomic E-state index is 12.7. The predicted molar refractivity (Wildman–Crippen MR) is 69.4 cm³/mol. The SMILES string of the molecule is O=C(CN1CCOCC1)N/N=C/c1ccc(F)cc1. The smallest absolute Gasteiger partial charge is 0.254 e. The van der Waals surface area contributed by atoms with E-state index in [1.165, 1.54) is 18.3 Å². The summed E-state index contributed by atoms with van der Waals surface area (Å²) in [5.41, 5.74) is 3.18. The average molecular weight is 265 g/mol. The van der Waals surface area contributed by atoms with Gasteiger partial charge in [-0.05, 0) is 17.7 Å². The lowest BCUT2D eigenvalue weighted by Crippen LogP contribution is -2.42. The number of halogens is 1. The van der Waals surface area contributed by atoms with Gasteiger partial charge in [0.2, 0.25) is 0 Å². The Hall–Kier alpha value is -1.79. The Kier molecular flexibility index (Phi) is 5.00. The average Bonchev–Trinajstić information content (AvgIpc) is 2.42. The van der Waals surface area contributed by atoms with Crippen LogP contribution in [0.4, 0.5) is 4.39 Å². The fraction of sp³-hybridized carbons (Fsp3) is 0.385. The molecule has 19 heavy (non-hydrogen) atoms. The van der Waals surface area contributed by atoms with Crippen molar-refractivity contribution in [1.82, 2.24) is 10.3 Å². The first kappa shape index (κ1) is 13.6. The summed E-state index contributed by atoms with van der Waals surface area (Å²) in [4.78, 5) is 13.6. The third-order valence-corrected chi connectivity index (χ3v) is 2.74. The zero-order valence-corrected chi connectivity index (χ0v) is 10.5. The maximum absolute atomic E-state index is 12.7. The summed E-state index contributed by atoms with van der Waals surface area (Å²) in [7, 11) is 0. The highest BCUT2D eigenvalue weighted by atomic mass is 19.1. The Morgan fingerprint density at radius 2 is 2.05 bits per heavy atom. The van der Waals surface area contributed by atoms with Crippen LogP contribution < -0.4 is 5.43 Å². The number of carbonyl (C=O) groups excluding carboxylic acids is 1. The summed E-state index contributed by atoms with van der Waals surface area (Å²) in [5, 5.41) is 3.83. The summed E-state index contributed by atoms with van der Waals surface area (Å²) in [6.45, 7) is 3.15. The third kappa shape index (κ3) is 4.76. The van der Waals surface area contributed by atoms with E-state index in [1.54, 1.807) is 12.1 Å². The van der Waals surface area contributed by atoms with Crippen LogP contribution in [0.5, 0.6) is 0 Å². The number of carbonyl (C=O) groups is 1. The van der Waals surface area contributed by atoms with Gasteiger partial charge in [0.1, 0.15) is 5.82 Å². The van der Waals surface area contributed by atoms with Crippen molar-refractivity contribution in [3.8, 4) is 0 Å². The largest absolute Gasteiger partial charge is 0.379 e. The standard InChI is InChI=1S/C13H16FN3O2/c14-12-3-1-11(2-4-12)9-15-16-13(18)10-17-5-7-19-8-6-17/h1-4,9H,5-8,10H2,(H,16,18)/b15-9+. The molecule has 0 bridgehead atoms. The second-order valence-corrected chi connectivity index (χ2v) is 4.23. The first-order chi connectivity index (χ1) is 9.24. The number of nitrogens with zero attached hydrogens (tertiary/aromatic N) is 2. The second kappa shape index (κ2) is 6.96. The number of hydrogen-bond donors (Lipinski definition) is 1. The zero-order valence-electron chi connectivity index (χ0n) is 10.5. The Balaban J connectivity index is 1.74. The quantitative estimate of drug-likeness (QED) is 0.641. The van der Waals surface area contributed by atoms with Crippen LogP contribution in [0.2, 0.25) is 0 Å². The molecule has 6 heteroatoms. The van der Waals surface area contributed by atoms with Crippen molar-refractivity contribution in [3.63, 3.8) is 0 Å². The lowest BCUT2D eigenvalue weighted by atomic mass is 10.2. The zero-order chi connectivity index (χ0) is 13.5. The highest BCUT2D eigenvalue weighted by Crippen LogP contribution is 1.99. The van der Waals surface area contributed by atoms with Gasteiger partial charge in [-0.15, -0.1) is 0 Å². The molecule has 1 aliphatic rings. The Morgan fingerprint density at radius 1 is 1.37 bits per heavy atom. The molecule has 0 aliphatic carbocycles. The van der Waals surface area contributed by atoms with E-state index in [0.29, 0.717) is 19.8 Å². The van der Waals surface area contributed by atoms with Gasteiger partial charge < -0.3 is 4.74 Å². The van der Waals surface area contributed by atoms with Crippen LogP contribution in [0.25, 0.3) is 0 Å². The molecule has 1 aromatic rings. The Labute approximate surface area is 111 Å². The molecule has 1 aliphatic heterocycles. The van der Waals surface area contributed by atoms with Crippen molar-refractivity contribution in [1.29, 1.82) is 0 Å². The van der Waals surface area contributed by atoms with Gasteiger partial charge in [-0.3, -0.25) is 9.69 Å². The molecule has 1 fully saturated rings. The summed E-state index contributed by atoms with van der Waals surface area (Å²) in [6, 6.07) is 5.87. The van der Waals surface area contributed by atoms with E-state index < -0.39 is 0 Å². The molecule has 0 spiro atoms. The maximum Gasteiger partial charge on any atom is 0.254 e. The van der Waals surface area contributed by atoms with E-state index in [2.05, 4.69) is 10.5 Å². The van der Waals surface area contributed by atoms with E-state index in [0.717, 1.165) is 18.7 Å². The van der Waals surface area contributed by atoms with E-state index in [9.17, 15) is 9.18 Å². The topological polar surface area (TPSA) is 53.9 Å². The van der Waals surface area contributed by atoms with Crippen molar-refractivity contribution in [2.75, 3.05) is 32.8 Å². The predicted octanol–water partition coefficient (Wildman–Crippen LogP) is 0.608. The molecule has 2 rings (SSSR count). The summed E-state index contributed by atoms with van der Waals surface area (Å²) in [5.74, 6) is -0.464. The molecule has 0 atom stereocenters. The van der Waals surface area contributed by atoms with Crippen LogP contribution in [0.15, 0.2) is 29.4 Å². The van der Waals surface area contributed by atoms with E-state index in [1.807, 2.05) is 4.90 Å². The molecule has 0 saturated carbocycles. The lowest BCUT2D eigenvalue weighted by Gasteiger charge is -2.25. The van der Waals surface area contributed by atoms with Crippen LogP contribution in [0, 0.1) is 5.82 Å². The molecule has 5 nitrogen and oxygen atoms in total. The molecule has 1 saturated heterocycles. The van der Waals surface area contributed by atoms with Gasteiger partial charge in [0.05, 0.1) is 26.0 Å². The molecule has 0 radical (unpaired) electrons. The highest BCUT2D eigenvalue weighted by molar-refractivity contribution is 5.83. The monoisotopic (exact) mass is 265 g/mol. The molecule has 1 amide bonds. The fourth-order valence-corrected chi connectivity index (χ4v) is 1.73. The molecule has 1 heterocycles. The number of amides is 1. The van der Waals surface area contributed by atoms with Crippen molar-refractivity contribution in [2.24, 2.45) is 5.10 Å². The number of ether oxygens (including phenoxy) is 1. The minimum atomic E-state index is -0.298. The number of rotatable bonds is 4. The van der Waals surface area contributed by atoms with E-state index >= 15 is 0 Å². The van der Waals surface area contributed by atoms with Gasteiger partial charge in [-0.1, -0.05) is 12.1 Å². The van der Waals surface area contributed by atoms with E-state index in [-0.39, 0.29) is 11.7 Å². The lowest BCUT2D eigenvalue weighted by molar-refractivity contribution is -0.123. The first-order valence-electron chi connectivity index (χ1n) is 6.11. The van der Waals surface area contributed by atoms with Gasteiger partial charge >= 0.3 is 0 Å². The molecule has 0 unspecified atom stereocenters. The van der Waals surface area contributed by atoms with Crippen molar-refractivity contribution in [2.45, 2.75) is 0 Å². The minimum absolute atomic E-state index is 0.166. The van der Waals surface area contributed by atoms with Gasteiger partial charge in [-0.2, -0.15) is 5.10 Å². The normalized spacial score (nSPS) is 16.7. The molecule has 1 aromatic carbocycles. The number of hydrogen-bond acceptors (Lipinski definition) is 4. The Morgan fingerprint density at radius 3 is 2.74 bits per heavy atom. The Bertz CT molecular complexity index is 442. The molecule has 1 N–H and O–H groups in total. The van der Waals surface area contributed by atoms with Crippen LogP contribution in [0.1, 0.15) is 5.56 Å². The first-order valence-corrected chi connectivity index (χ1v) is 6.11. The van der Waals surface area contributed by atoms with Crippen LogP contribution in [0.3, 0.4) is 0 Å². The van der Waals surface area contributed by atoms with Gasteiger partial charge in [0.25, 0.3) is 5.91 Å².